The Labute approximate surface area is 230 Å². The number of halogens is 4. The highest BCUT2D eigenvalue weighted by Gasteiger charge is 2.51. The topological polar surface area (TPSA) is 101 Å². The second-order valence-electron chi connectivity index (χ2n) is 8.09. The molecule has 1 aliphatic heterocycles. The van der Waals surface area contributed by atoms with Crippen molar-refractivity contribution >= 4 is 73.0 Å². The van der Waals surface area contributed by atoms with Gasteiger partial charge in [-0.3, -0.25) is 14.4 Å². The summed E-state index contributed by atoms with van der Waals surface area (Å²) in [7, 11) is -6.24. The molecule has 2 aromatic rings. The number of rotatable bonds is 12. The SMILES string of the molecule is CCCCN(CCCI)C(=O)CCSc1ccc2c3c(cccc13)C(=O)N(OS(=O)(=O)C(F)(F)F)C2=O. The number of alkyl halides is 4. The molecule has 0 aromatic heterocycles. The first-order valence-electron chi connectivity index (χ1n) is 11.3. The van der Waals surface area contributed by atoms with Crippen LogP contribution in [0.3, 0.4) is 0 Å². The van der Waals surface area contributed by atoms with E-state index in [1.165, 1.54) is 30.0 Å². The van der Waals surface area contributed by atoms with Gasteiger partial charge in [-0.1, -0.05) is 48.1 Å². The Bertz CT molecular complexity index is 1270. The molecular formula is C23H24F3IN2O6S2. The molecule has 1 aliphatic rings. The minimum Gasteiger partial charge on any atom is -0.343 e. The van der Waals surface area contributed by atoms with Crippen molar-refractivity contribution in [2.75, 3.05) is 23.3 Å². The Morgan fingerprint density at radius 1 is 1.08 bits per heavy atom. The highest BCUT2D eigenvalue weighted by Crippen LogP contribution is 2.37. The third-order valence-electron chi connectivity index (χ3n) is 5.56. The molecule has 3 rings (SSSR count). The van der Waals surface area contributed by atoms with E-state index in [0.29, 0.717) is 29.1 Å². The fraction of sp³-hybridized carbons (Fsp3) is 0.435. The quantitative estimate of drug-likeness (QED) is 0.101. The first-order chi connectivity index (χ1) is 17.4. The third kappa shape index (κ3) is 6.57. The van der Waals surface area contributed by atoms with Gasteiger partial charge in [0.15, 0.2) is 0 Å². The number of benzene rings is 2. The molecule has 0 saturated heterocycles. The van der Waals surface area contributed by atoms with Crippen molar-refractivity contribution in [3.8, 4) is 0 Å². The largest absolute Gasteiger partial charge is 0.525 e. The molecule has 1 heterocycles. The normalized spacial score (nSPS) is 13.9. The highest BCUT2D eigenvalue weighted by molar-refractivity contribution is 14.1. The summed E-state index contributed by atoms with van der Waals surface area (Å²) in [6.45, 7) is 3.45. The minimum absolute atomic E-state index is 0.0394. The number of imide groups is 1. The zero-order valence-electron chi connectivity index (χ0n) is 19.7. The van der Waals surface area contributed by atoms with Crippen molar-refractivity contribution in [2.24, 2.45) is 0 Å². The standard InChI is InChI=1S/C23H24F3IN2O6S2/c1-2-3-12-28(13-5-11-27)19(30)10-14-36-18-9-8-17-20-15(18)6-4-7-16(20)21(31)29(22(17)32)35-37(33,34)23(24,25)26/h4,6-9H,2-3,5,10-14H2,1H3. The second-order valence-corrected chi connectivity index (χ2v) is 11.8. The van der Waals surface area contributed by atoms with Crippen LogP contribution in [0, 0.1) is 0 Å². The van der Waals surface area contributed by atoms with Crippen LogP contribution >= 0.6 is 34.4 Å². The zero-order valence-corrected chi connectivity index (χ0v) is 23.5. The lowest BCUT2D eigenvalue weighted by Gasteiger charge is -2.26. The molecule has 14 heteroatoms. The highest BCUT2D eigenvalue weighted by atomic mass is 127. The molecule has 0 radical (unpaired) electrons. The Hall–Kier alpha value is -1.91. The summed E-state index contributed by atoms with van der Waals surface area (Å²) in [5, 5.41) is 0.288. The molecule has 202 valence electrons. The molecule has 0 spiro atoms. The van der Waals surface area contributed by atoms with E-state index in [9.17, 15) is 36.0 Å². The summed E-state index contributed by atoms with van der Waals surface area (Å²) < 4.78 is 66.0. The van der Waals surface area contributed by atoms with Crippen LogP contribution in [0.15, 0.2) is 35.2 Å². The van der Waals surface area contributed by atoms with Gasteiger partial charge in [0, 0.05) is 40.0 Å². The van der Waals surface area contributed by atoms with Gasteiger partial charge in [-0.2, -0.15) is 21.6 Å². The summed E-state index contributed by atoms with van der Waals surface area (Å²) in [6, 6.07) is 7.23. The van der Waals surface area contributed by atoms with E-state index < -0.39 is 27.4 Å². The zero-order chi connectivity index (χ0) is 27.4. The van der Waals surface area contributed by atoms with Crippen LogP contribution in [0.1, 0.15) is 53.3 Å². The first kappa shape index (κ1) is 29.6. The van der Waals surface area contributed by atoms with Gasteiger partial charge in [0.05, 0.1) is 11.1 Å². The average Bonchev–Trinajstić information content (AvgIpc) is 2.84. The molecule has 0 fully saturated rings. The van der Waals surface area contributed by atoms with Crippen LogP contribution in [0.2, 0.25) is 0 Å². The maximum Gasteiger partial charge on any atom is 0.525 e. The molecule has 2 aromatic carbocycles. The molecule has 8 nitrogen and oxygen atoms in total. The van der Waals surface area contributed by atoms with Crippen LogP contribution in [-0.2, 0) is 19.2 Å². The van der Waals surface area contributed by atoms with E-state index in [2.05, 4.69) is 33.8 Å². The van der Waals surface area contributed by atoms with E-state index in [1.54, 1.807) is 12.1 Å². The van der Waals surface area contributed by atoms with E-state index in [1.807, 2.05) is 4.90 Å². The Morgan fingerprint density at radius 3 is 2.35 bits per heavy atom. The van der Waals surface area contributed by atoms with E-state index in [4.69, 9.17) is 0 Å². The van der Waals surface area contributed by atoms with Crippen molar-refractivity contribution < 1.29 is 40.3 Å². The predicted molar refractivity (Wildman–Crippen MR) is 141 cm³/mol. The van der Waals surface area contributed by atoms with E-state index >= 15 is 0 Å². The fourth-order valence-electron chi connectivity index (χ4n) is 3.75. The minimum atomic E-state index is -6.24. The lowest BCUT2D eigenvalue weighted by Crippen LogP contribution is -2.44. The Kier molecular flexibility index (Phi) is 9.85. The van der Waals surface area contributed by atoms with Crippen LogP contribution in [0.4, 0.5) is 13.2 Å². The number of amides is 3. The summed E-state index contributed by atoms with van der Waals surface area (Å²) in [5.74, 6) is -2.17. The van der Waals surface area contributed by atoms with Crippen molar-refractivity contribution in [3.63, 3.8) is 0 Å². The molecular weight excluding hydrogens is 648 g/mol. The van der Waals surface area contributed by atoms with Gasteiger partial charge < -0.3 is 4.90 Å². The summed E-state index contributed by atoms with van der Waals surface area (Å²) >= 11 is 3.62. The molecule has 3 amide bonds. The molecule has 0 unspecified atom stereocenters. The Balaban J connectivity index is 1.82. The predicted octanol–water partition coefficient (Wildman–Crippen LogP) is 5.15. The number of hydroxylamine groups is 2. The lowest BCUT2D eigenvalue weighted by molar-refractivity contribution is -0.130. The van der Waals surface area contributed by atoms with Crippen LogP contribution in [0.5, 0.6) is 0 Å². The lowest BCUT2D eigenvalue weighted by atomic mass is 9.95. The number of thioether (sulfide) groups is 1. The van der Waals surface area contributed by atoms with Crippen LogP contribution in [-0.4, -0.2) is 64.9 Å². The van der Waals surface area contributed by atoms with Gasteiger partial charge in [-0.25, -0.2) is 0 Å². The number of unbranched alkanes of at least 4 members (excludes halogenated alkanes) is 1. The maximum absolute atomic E-state index is 12.8. The third-order valence-corrected chi connectivity index (χ3v) is 8.31. The van der Waals surface area contributed by atoms with Crippen molar-refractivity contribution in [3.05, 3.63) is 41.5 Å². The number of carbonyl (C=O) groups is 3. The van der Waals surface area contributed by atoms with Crippen molar-refractivity contribution in [2.45, 2.75) is 43.0 Å². The Morgan fingerprint density at radius 2 is 1.73 bits per heavy atom. The molecule has 0 aliphatic carbocycles. The van der Waals surface area contributed by atoms with Crippen LogP contribution < -0.4 is 0 Å². The van der Waals surface area contributed by atoms with Gasteiger partial charge in [0.1, 0.15) is 0 Å². The molecule has 0 N–H and O–H groups in total. The smallest absolute Gasteiger partial charge is 0.343 e. The van der Waals surface area contributed by atoms with Crippen LogP contribution in [0.25, 0.3) is 10.8 Å². The van der Waals surface area contributed by atoms with Gasteiger partial charge >= 0.3 is 15.6 Å². The van der Waals surface area contributed by atoms with Gasteiger partial charge in [-0.05, 0) is 36.4 Å². The summed E-state index contributed by atoms with van der Waals surface area (Å²) in [4.78, 5) is 40.8. The van der Waals surface area contributed by atoms with Gasteiger partial charge in [0.2, 0.25) is 5.91 Å². The van der Waals surface area contributed by atoms with Gasteiger partial charge in [-0.15, -0.1) is 21.1 Å². The van der Waals surface area contributed by atoms with Crippen molar-refractivity contribution in [1.82, 2.24) is 9.96 Å². The number of nitrogens with zero attached hydrogens (tertiary/aromatic N) is 2. The summed E-state index contributed by atoms with van der Waals surface area (Å²) in [6.07, 6.45) is 3.09. The average molecular weight is 672 g/mol. The molecule has 0 saturated carbocycles. The fourth-order valence-corrected chi connectivity index (χ4v) is 5.49. The molecule has 0 bridgehead atoms. The number of hydrogen-bond donors (Lipinski definition) is 0. The first-order valence-corrected chi connectivity index (χ1v) is 15.3. The summed E-state index contributed by atoms with van der Waals surface area (Å²) in [5.41, 5.74) is -6.17. The van der Waals surface area contributed by atoms with E-state index in [0.717, 1.165) is 23.7 Å². The number of hydrogen-bond acceptors (Lipinski definition) is 7. The maximum atomic E-state index is 12.8. The monoisotopic (exact) mass is 672 g/mol. The second kappa shape index (κ2) is 12.3. The van der Waals surface area contributed by atoms with Crippen molar-refractivity contribution in [1.29, 1.82) is 0 Å². The molecule has 37 heavy (non-hydrogen) atoms. The van der Waals surface area contributed by atoms with Gasteiger partial charge in [0.25, 0.3) is 11.8 Å². The van der Waals surface area contributed by atoms with E-state index in [-0.39, 0.29) is 33.9 Å². The molecule has 0 atom stereocenters. The number of carbonyl (C=O) groups excluding carboxylic acids is 3.